The predicted molar refractivity (Wildman–Crippen MR) is 84.5 cm³/mol. The number of benzene rings is 1. The molecule has 106 valence electrons. The van der Waals surface area contributed by atoms with Crippen LogP contribution in [0.2, 0.25) is 0 Å². The van der Waals surface area contributed by atoms with Gasteiger partial charge < -0.3 is 0 Å². The third-order valence-corrected chi connectivity index (χ3v) is 7.01. The number of halogens is 1. The minimum atomic E-state index is -3.47. The summed E-state index contributed by atoms with van der Waals surface area (Å²) in [4.78, 5) is 2.79. The molecule has 0 saturated carbocycles. The lowest BCUT2D eigenvalue weighted by Crippen LogP contribution is -2.23. The van der Waals surface area contributed by atoms with Crippen molar-refractivity contribution in [2.45, 2.75) is 30.7 Å². The van der Waals surface area contributed by atoms with Gasteiger partial charge in [0, 0.05) is 20.8 Å². The molecule has 2 aromatic rings. The molecule has 0 fully saturated rings. The first-order valence-electron chi connectivity index (χ1n) is 6.41. The molecular formula is C14H14BrNO2S2. The van der Waals surface area contributed by atoms with E-state index in [4.69, 9.17) is 0 Å². The zero-order chi connectivity index (χ0) is 14.2. The Morgan fingerprint density at radius 2 is 2.05 bits per heavy atom. The average molecular weight is 372 g/mol. The second-order valence-electron chi connectivity index (χ2n) is 4.77. The molecule has 20 heavy (non-hydrogen) atoms. The lowest BCUT2D eigenvalue weighted by atomic mass is 10.2. The van der Waals surface area contributed by atoms with Gasteiger partial charge in [-0.15, -0.1) is 11.3 Å². The number of fused-ring (bicyclic) bond motifs is 1. The van der Waals surface area contributed by atoms with Gasteiger partial charge in [-0.1, -0.05) is 12.1 Å². The highest BCUT2D eigenvalue weighted by Gasteiger charge is 2.19. The molecule has 1 aliphatic carbocycles. The minimum absolute atomic E-state index is 0.282. The van der Waals surface area contributed by atoms with Crippen molar-refractivity contribution in [3.8, 4) is 0 Å². The van der Waals surface area contributed by atoms with Crippen molar-refractivity contribution < 1.29 is 8.42 Å². The van der Waals surface area contributed by atoms with Crippen molar-refractivity contribution >= 4 is 37.3 Å². The van der Waals surface area contributed by atoms with Gasteiger partial charge >= 0.3 is 0 Å². The molecule has 3 nitrogen and oxygen atoms in total. The Morgan fingerprint density at radius 3 is 2.80 bits per heavy atom. The summed E-state index contributed by atoms with van der Waals surface area (Å²) in [6, 6.07) is 8.98. The maximum atomic E-state index is 12.3. The number of hydrogen-bond donors (Lipinski definition) is 1. The van der Waals surface area contributed by atoms with E-state index in [2.05, 4.69) is 26.7 Å². The van der Waals surface area contributed by atoms with Gasteiger partial charge in [0.25, 0.3) is 0 Å². The fraction of sp³-hybridized carbons (Fsp3) is 0.286. The van der Waals surface area contributed by atoms with Crippen molar-refractivity contribution in [2.75, 3.05) is 0 Å². The maximum absolute atomic E-state index is 12.3. The first kappa shape index (κ1) is 14.3. The second-order valence-corrected chi connectivity index (χ2v) is 8.58. The van der Waals surface area contributed by atoms with Crippen LogP contribution >= 0.6 is 27.3 Å². The molecule has 0 bridgehead atoms. The quantitative estimate of drug-likeness (QED) is 0.893. The van der Waals surface area contributed by atoms with Gasteiger partial charge in [-0.3, -0.25) is 0 Å². The molecule has 1 aliphatic rings. The monoisotopic (exact) mass is 371 g/mol. The molecular weight excluding hydrogens is 358 g/mol. The molecule has 1 heterocycles. The fourth-order valence-corrected chi connectivity index (χ4v) is 5.68. The van der Waals surface area contributed by atoms with Gasteiger partial charge in [0.1, 0.15) is 0 Å². The maximum Gasteiger partial charge on any atom is 0.242 e. The van der Waals surface area contributed by atoms with Gasteiger partial charge in [-0.25, -0.2) is 13.1 Å². The van der Waals surface area contributed by atoms with Crippen molar-refractivity contribution in [1.29, 1.82) is 0 Å². The van der Waals surface area contributed by atoms with Gasteiger partial charge in [0.15, 0.2) is 0 Å². The first-order chi connectivity index (χ1) is 9.56. The largest absolute Gasteiger partial charge is 0.242 e. The smallest absolute Gasteiger partial charge is 0.207 e. The number of sulfonamides is 1. The van der Waals surface area contributed by atoms with Gasteiger partial charge in [-0.2, -0.15) is 0 Å². The molecule has 3 rings (SSSR count). The van der Waals surface area contributed by atoms with Gasteiger partial charge in [0.2, 0.25) is 10.0 Å². The summed E-state index contributed by atoms with van der Waals surface area (Å²) in [6.45, 7) is 0.362. The third kappa shape index (κ3) is 2.83. The second kappa shape index (κ2) is 5.60. The fourth-order valence-electron chi connectivity index (χ4n) is 2.38. The van der Waals surface area contributed by atoms with Gasteiger partial charge in [0.05, 0.1) is 4.90 Å². The molecule has 0 saturated heterocycles. The number of nitrogens with one attached hydrogen (secondary N) is 1. The predicted octanol–water partition coefficient (Wildman–Crippen LogP) is 3.48. The normalized spacial score (nSPS) is 14.4. The van der Waals surface area contributed by atoms with Crippen LogP contribution in [0, 0.1) is 0 Å². The molecule has 1 N–H and O–H groups in total. The van der Waals surface area contributed by atoms with E-state index in [1.54, 1.807) is 35.6 Å². The van der Waals surface area contributed by atoms with Crippen LogP contribution in [0.15, 0.2) is 39.7 Å². The highest BCUT2D eigenvalue weighted by molar-refractivity contribution is 9.10. The number of thiophene rings is 1. The highest BCUT2D eigenvalue weighted by Crippen LogP contribution is 2.30. The van der Waals surface area contributed by atoms with Crippen molar-refractivity contribution in [3.05, 3.63) is 50.1 Å². The first-order valence-corrected chi connectivity index (χ1v) is 9.50. The van der Waals surface area contributed by atoms with E-state index in [9.17, 15) is 8.42 Å². The number of aryl methyl sites for hydroxylation is 2. The molecule has 0 amide bonds. The Kier molecular flexibility index (Phi) is 3.99. The molecule has 0 atom stereocenters. The Labute approximate surface area is 131 Å². The van der Waals surface area contributed by atoms with Crippen LogP contribution in [0.4, 0.5) is 0 Å². The van der Waals surface area contributed by atoms with E-state index in [-0.39, 0.29) is 4.90 Å². The van der Waals surface area contributed by atoms with Crippen LogP contribution in [-0.4, -0.2) is 8.42 Å². The number of rotatable bonds is 4. The van der Waals surface area contributed by atoms with Crippen LogP contribution in [0.3, 0.4) is 0 Å². The van der Waals surface area contributed by atoms with E-state index >= 15 is 0 Å². The molecule has 0 aliphatic heterocycles. The minimum Gasteiger partial charge on any atom is -0.207 e. The summed E-state index contributed by atoms with van der Waals surface area (Å²) in [5.41, 5.74) is 1.39. The van der Waals surface area contributed by atoms with Crippen LogP contribution in [0.5, 0.6) is 0 Å². The topological polar surface area (TPSA) is 46.2 Å². The van der Waals surface area contributed by atoms with Crippen LogP contribution in [0.25, 0.3) is 0 Å². The van der Waals surface area contributed by atoms with Crippen molar-refractivity contribution in [1.82, 2.24) is 4.72 Å². The van der Waals surface area contributed by atoms with Crippen molar-refractivity contribution in [2.24, 2.45) is 0 Å². The van der Waals surface area contributed by atoms with Crippen molar-refractivity contribution in [3.63, 3.8) is 0 Å². The van der Waals surface area contributed by atoms with E-state index in [0.717, 1.165) is 17.7 Å². The third-order valence-electron chi connectivity index (χ3n) is 3.36. The van der Waals surface area contributed by atoms with Crippen LogP contribution in [0.1, 0.15) is 21.7 Å². The molecule has 0 spiro atoms. The molecule has 0 radical (unpaired) electrons. The van der Waals surface area contributed by atoms with E-state index < -0.39 is 10.0 Å². The zero-order valence-corrected chi connectivity index (χ0v) is 13.9. The number of hydrogen-bond acceptors (Lipinski definition) is 3. The summed E-state index contributed by atoms with van der Waals surface area (Å²) in [6.07, 6.45) is 3.49. The lowest BCUT2D eigenvalue weighted by Gasteiger charge is -2.07. The average Bonchev–Trinajstić information content (AvgIpc) is 2.97. The summed E-state index contributed by atoms with van der Waals surface area (Å²) in [5, 5.41) is 0. The van der Waals surface area contributed by atoms with E-state index in [1.807, 2.05) is 0 Å². The van der Waals surface area contributed by atoms with E-state index in [1.165, 1.54) is 16.9 Å². The van der Waals surface area contributed by atoms with Gasteiger partial charge in [-0.05, 0) is 59.0 Å². The molecule has 1 aromatic heterocycles. The summed E-state index contributed by atoms with van der Waals surface area (Å²) >= 11 is 5.00. The Bertz CT molecular complexity index is 716. The Hall–Kier alpha value is -0.690. The highest BCUT2D eigenvalue weighted by atomic mass is 79.9. The SMILES string of the molecule is O=S(=O)(NCc1cc2c(s1)CCC2)c1ccccc1Br. The summed E-state index contributed by atoms with van der Waals surface area (Å²) in [5.74, 6) is 0. The summed E-state index contributed by atoms with van der Waals surface area (Å²) in [7, 11) is -3.47. The standard InChI is InChI=1S/C14H14BrNO2S2/c15-12-5-1-2-7-14(12)20(17,18)16-9-11-8-10-4-3-6-13(10)19-11/h1-2,5,7-8,16H,3-4,6,9H2. The van der Waals surface area contributed by atoms with Crippen LogP contribution in [-0.2, 0) is 29.4 Å². The van der Waals surface area contributed by atoms with Crippen LogP contribution < -0.4 is 4.72 Å². The van der Waals surface area contributed by atoms with E-state index in [0.29, 0.717) is 11.0 Å². The molecule has 1 aromatic carbocycles. The molecule has 0 unspecified atom stereocenters. The lowest BCUT2D eigenvalue weighted by molar-refractivity contribution is 0.581. The summed E-state index contributed by atoms with van der Waals surface area (Å²) < 4.78 is 27.8. The molecule has 6 heteroatoms. The Morgan fingerprint density at radius 1 is 1.25 bits per heavy atom. The Balaban J connectivity index is 1.75. The zero-order valence-electron chi connectivity index (χ0n) is 10.7.